The van der Waals surface area contributed by atoms with Crippen LogP contribution in [0.1, 0.15) is 0 Å². The van der Waals surface area contributed by atoms with E-state index in [4.69, 9.17) is 14.2 Å². The highest BCUT2D eigenvalue weighted by atomic mass is 32.2. The highest BCUT2D eigenvalue weighted by Gasteiger charge is 2.30. The maximum Gasteiger partial charge on any atom is 0.269 e. The van der Waals surface area contributed by atoms with Crippen LogP contribution in [0.4, 0.5) is 17.1 Å². The molecule has 2 aromatic rings. The molecule has 0 spiro atoms. The molecule has 2 fully saturated rings. The van der Waals surface area contributed by atoms with Crippen molar-refractivity contribution in [3.63, 3.8) is 0 Å². The van der Waals surface area contributed by atoms with Gasteiger partial charge in [0.1, 0.15) is 5.75 Å². The van der Waals surface area contributed by atoms with Crippen molar-refractivity contribution in [3.05, 3.63) is 52.6 Å². The summed E-state index contributed by atoms with van der Waals surface area (Å²) < 4.78 is 45.0. The van der Waals surface area contributed by atoms with Crippen LogP contribution in [0.15, 0.2) is 47.4 Å². The van der Waals surface area contributed by atoms with Gasteiger partial charge in [0, 0.05) is 72.1 Å². The fraction of sp³-hybridized carbons (Fsp3) is 0.538. The zero-order valence-corrected chi connectivity index (χ0v) is 24.7. The van der Waals surface area contributed by atoms with E-state index >= 15 is 0 Å². The van der Waals surface area contributed by atoms with Gasteiger partial charge >= 0.3 is 0 Å². The van der Waals surface area contributed by atoms with Crippen molar-refractivity contribution in [2.45, 2.75) is 30.6 Å². The van der Waals surface area contributed by atoms with E-state index < -0.39 is 23.0 Å². The Morgan fingerprint density at radius 1 is 0.923 bits per heavy atom. The average Bonchev–Trinajstić information content (AvgIpc) is 2.93. The molecular formula is C26H38N4O7SSi. The van der Waals surface area contributed by atoms with Crippen LogP contribution < -0.4 is 14.5 Å². The average molecular weight is 579 g/mol. The van der Waals surface area contributed by atoms with Crippen LogP contribution in [0.5, 0.6) is 5.75 Å². The lowest BCUT2D eigenvalue weighted by Crippen LogP contribution is -2.49. The van der Waals surface area contributed by atoms with Crippen molar-refractivity contribution in [2.75, 3.05) is 75.7 Å². The molecule has 13 heteroatoms. The quantitative estimate of drug-likeness (QED) is 0.130. The molecular weight excluding hydrogens is 540 g/mol. The molecule has 2 aromatic carbocycles. The zero-order chi connectivity index (χ0) is 28.0. The van der Waals surface area contributed by atoms with Crippen molar-refractivity contribution < 1.29 is 27.6 Å². The standard InChI is InChI=1S/C26H38N4O7SSi/c1-39(2,3)19-18-36-21-37-23-6-9-25(26(20-23)28-14-16-35-17-15-28)27-10-12-29(13-11-27)38(33,34)24-7-4-22(5-8-24)30(31)32/h4-9,20H,10-19,21H2,1-3H3. The molecule has 2 aliphatic rings. The van der Waals surface area contributed by atoms with Gasteiger partial charge in [0.25, 0.3) is 5.69 Å². The molecule has 0 unspecified atom stereocenters. The van der Waals surface area contributed by atoms with Crippen LogP contribution in [0.2, 0.25) is 25.7 Å². The van der Waals surface area contributed by atoms with Crippen LogP contribution >= 0.6 is 0 Å². The van der Waals surface area contributed by atoms with Crippen molar-refractivity contribution >= 4 is 35.2 Å². The van der Waals surface area contributed by atoms with Gasteiger partial charge in [-0.2, -0.15) is 4.31 Å². The minimum atomic E-state index is -3.75. The summed E-state index contributed by atoms with van der Waals surface area (Å²) in [5.41, 5.74) is 1.92. The first-order valence-corrected chi connectivity index (χ1v) is 18.4. The molecule has 0 N–H and O–H groups in total. The number of morpholine rings is 1. The molecule has 0 saturated carbocycles. The second-order valence-corrected chi connectivity index (χ2v) is 18.4. The van der Waals surface area contributed by atoms with Crippen LogP contribution in [0.3, 0.4) is 0 Å². The smallest absolute Gasteiger partial charge is 0.269 e. The van der Waals surface area contributed by atoms with Crippen molar-refractivity contribution in [1.29, 1.82) is 0 Å². The van der Waals surface area contributed by atoms with Crippen molar-refractivity contribution in [1.82, 2.24) is 4.31 Å². The van der Waals surface area contributed by atoms with Gasteiger partial charge in [0.15, 0.2) is 6.79 Å². The molecule has 0 bridgehead atoms. The number of anilines is 2. The number of piperazine rings is 1. The van der Waals surface area contributed by atoms with Gasteiger partial charge in [-0.05, 0) is 30.3 Å². The van der Waals surface area contributed by atoms with Crippen molar-refractivity contribution in [3.8, 4) is 5.75 Å². The summed E-state index contributed by atoms with van der Waals surface area (Å²) in [7, 11) is -4.90. The highest BCUT2D eigenvalue weighted by molar-refractivity contribution is 7.89. The summed E-state index contributed by atoms with van der Waals surface area (Å²) in [4.78, 5) is 14.9. The van der Waals surface area contributed by atoms with Crippen LogP contribution in [-0.2, 0) is 19.5 Å². The van der Waals surface area contributed by atoms with E-state index in [1.54, 1.807) is 0 Å². The second kappa shape index (κ2) is 12.6. The largest absolute Gasteiger partial charge is 0.467 e. The number of non-ortho nitro benzene ring substituents is 1. The number of rotatable bonds is 11. The summed E-state index contributed by atoms with van der Waals surface area (Å²) >= 11 is 0. The first-order chi connectivity index (χ1) is 18.5. The number of nitro groups is 1. The summed E-state index contributed by atoms with van der Waals surface area (Å²) in [5.74, 6) is 0.729. The minimum Gasteiger partial charge on any atom is -0.467 e. The predicted molar refractivity (Wildman–Crippen MR) is 153 cm³/mol. The molecule has 0 atom stereocenters. The molecule has 0 radical (unpaired) electrons. The Morgan fingerprint density at radius 2 is 1.56 bits per heavy atom. The van der Waals surface area contributed by atoms with Gasteiger partial charge in [-0.3, -0.25) is 10.1 Å². The van der Waals surface area contributed by atoms with E-state index in [0.717, 1.165) is 36.3 Å². The van der Waals surface area contributed by atoms with E-state index in [2.05, 4.69) is 29.4 Å². The lowest BCUT2D eigenvalue weighted by molar-refractivity contribution is -0.384. The Bertz CT molecular complexity index is 1220. The normalized spacial score (nSPS) is 17.3. The SMILES string of the molecule is C[Si](C)(C)CCOCOc1ccc(N2CCN(S(=O)(=O)c3ccc([N+](=O)[O-])cc3)CC2)c(N2CCOCC2)c1. The lowest BCUT2D eigenvalue weighted by atomic mass is 10.2. The Labute approximate surface area is 231 Å². The fourth-order valence-electron chi connectivity index (χ4n) is 4.52. The van der Waals surface area contributed by atoms with E-state index in [0.29, 0.717) is 46.0 Å². The number of hydrogen-bond donors (Lipinski definition) is 0. The Morgan fingerprint density at radius 3 is 2.18 bits per heavy atom. The third kappa shape index (κ3) is 7.69. The van der Waals surface area contributed by atoms with Crippen molar-refractivity contribution in [2.24, 2.45) is 0 Å². The molecule has 214 valence electrons. The number of nitro benzene ring substituents is 1. The Kier molecular flexibility index (Phi) is 9.49. The molecule has 0 aromatic heterocycles. The molecule has 0 aliphatic carbocycles. The van der Waals surface area contributed by atoms with E-state index in [9.17, 15) is 18.5 Å². The van der Waals surface area contributed by atoms with Gasteiger partial charge in [-0.1, -0.05) is 19.6 Å². The molecule has 2 saturated heterocycles. The molecule has 39 heavy (non-hydrogen) atoms. The minimum absolute atomic E-state index is 0.0594. The second-order valence-electron chi connectivity index (χ2n) is 10.9. The molecule has 0 amide bonds. The molecule has 2 heterocycles. The molecule has 4 rings (SSSR count). The van der Waals surface area contributed by atoms with E-state index in [1.165, 1.54) is 28.6 Å². The molecule has 2 aliphatic heterocycles. The van der Waals surface area contributed by atoms with Gasteiger partial charge in [-0.25, -0.2) is 8.42 Å². The lowest BCUT2D eigenvalue weighted by Gasteiger charge is -2.39. The topological polar surface area (TPSA) is 115 Å². The third-order valence-electron chi connectivity index (χ3n) is 6.87. The first-order valence-electron chi connectivity index (χ1n) is 13.2. The zero-order valence-electron chi connectivity index (χ0n) is 22.9. The van der Waals surface area contributed by atoms with E-state index in [1.807, 2.05) is 18.2 Å². The third-order valence-corrected chi connectivity index (χ3v) is 10.5. The van der Waals surface area contributed by atoms with Gasteiger partial charge in [-0.15, -0.1) is 0 Å². The maximum atomic E-state index is 13.2. The van der Waals surface area contributed by atoms with Crippen LogP contribution in [-0.4, -0.2) is 91.6 Å². The monoisotopic (exact) mass is 578 g/mol. The number of benzene rings is 2. The maximum absolute atomic E-state index is 13.2. The number of hydrogen-bond acceptors (Lipinski definition) is 9. The van der Waals surface area contributed by atoms with Gasteiger partial charge < -0.3 is 24.0 Å². The van der Waals surface area contributed by atoms with Crippen LogP contribution in [0, 0.1) is 10.1 Å². The first kappa shape index (κ1) is 29.3. The van der Waals surface area contributed by atoms with E-state index in [-0.39, 0.29) is 17.4 Å². The van der Waals surface area contributed by atoms with Gasteiger partial charge in [0.05, 0.1) is 34.4 Å². The number of nitrogens with zero attached hydrogens (tertiary/aromatic N) is 4. The summed E-state index contributed by atoms with van der Waals surface area (Å²) in [6.45, 7) is 12.3. The number of ether oxygens (including phenoxy) is 3. The van der Waals surface area contributed by atoms with Crippen LogP contribution in [0.25, 0.3) is 0 Å². The highest BCUT2D eigenvalue weighted by Crippen LogP contribution is 2.35. The summed E-state index contributed by atoms with van der Waals surface area (Å²) in [6.07, 6.45) is 0. The Hall–Kier alpha value is -2.71. The molecule has 11 nitrogen and oxygen atoms in total. The predicted octanol–water partition coefficient (Wildman–Crippen LogP) is 3.63. The summed E-state index contributed by atoms with van der Waals surface area (Å²) in [6, 6.07) is 12.1. The van der Waals surface area contributed by atoms with Gasteiger partial charge in [0.2, 0.25) is 10.0 Å². The summed E-state index contributed by atoms with van der Waals surface area (Å²) in [5, 5.41) is 10.9. The Balaban J connectivity index is 1.43. The fourth-order valence-corrected chi connectivity index (χ4v) is 6.70. The number of sulfonamides is 1.